The minimum absolute atomic E-state index is 0.0324. The zero-order chi connectivity index (χ0) is 46.7. The van der Waals surface area contributed by atoms with Crippen LogP contribution in [0.15, 0.2) is 224 Å². The van der Waals surface area contributed by atoms with E-state index in [9.17, 15) is 0 Å². The van der Waals surface area contributed by atoms with Crippen molar-refractivity contribution in [1.82, 2.24) is 0 Å². The Hall–Kier alpha value is -7.54. The van der Waals surface area contributed by atoms with Gasteiger partial charge in [-0.3, -0.25) is 0 Å². The van der Waals surface area contributed by atoms with Crippen LogP contribution in [0.3, 0.4) is 0 Å². The van der Waals surface area contributed by atoms with Gasteiger partial charge in [-0.1, -0.05) is 226 Å². The van der Waals surface area contributed by atoms with Crippen LogP contribution in [0.4, 0.5) is 0 Å². The Morgan fingerprint density at radius 1 is 0.414 bits per heavy atom. The van der Waals surface area contributed by atoms with E-state index in [0.717, 1.165) is 25.7 Å². The van der Waals surface area contributed by atoms with Crippen LogP contribution in [-0.4, -0.2) is 0 Å². The molecule has 0 N–H and O–H groups in total. The molecule has 0 saturated heterocycles. The minimum Gasteiger partial charge on any atom is -0.0761 e. The summed E-state index contributed by atoms with van der Waals surface area (Å²) in [6.07, 6.45) is 30.8. The van der Waals surface area contributed by atoms with E-state index in [0.29, 0.717) is 0 Å². The molecule has 4 atom stereocenters. The number of hydrogen-bond acceptors (Lipinski definition) is 0. The van der Waals surface area contributed by atoms with Crippen molar-refractivity contribution in [2.75, 3.05) is 0 Å². The van der Waals surface area contributed by atoms with Crippen molar-refractivity contribution in [2.24, 2.45) is 23.7 Å². The summed E-state index contributed by atoms with van der Waals surface area (Å²) in [5.41, 5.74) is 21.8. The van der Waals surface area contributed by atoms with E-state index in [1.165, 1.54) is 120 Å². The van der Waals surface area contributed by atoms with Crippen molar-refractivity contribution in [3.63, 3.8) is 0 Å². The Bertz CT molecular complexity index is 3920. The second-order valence-corrected chi connectivity index (χ2v) is 21.2. The largest absolute Gasteiger partial charge is 0.0761 e. The van der Waals surface area contributed by atoms with Gasteiger partial charge >= 0.3 is 0 Å². The Labute approximate surface area is 411 Å². The summed E-state index contributed by atoms with van der Waals surface area (Å²) in [4.78, 5) is 0. The van der Waals surface area contributed by atoms with Gasteiger partial charge < -0.3 is 0 Å². The fourth-order valence-corrected chi connectivity index (χ4v) is 14.5. The van der Waals surface area contributed by atoms with E-state index in [1.54, 1.807) is 5.57 Å². The summed E-state index contributed by atoms with van der Waals surface area (Å²) in [7, 11) is 0. The lowest BCUT2D eigenvalue weighted by atomic mass is 9.67. The quantitative estimate of drug-likeness (QED) is 0.151. The van der Waals surface area contributed by atoms with E-state index < -0.39 is 0 Å². The first kappa shape index (κ1) is 41.4. The molecular weight excluding hydrogens is 841 g/mol. The van der Waals surface area contributed by atoms with Gasteiger partial charge in [0.05, 0.1) is 0 Å². The van der Waals surface area contributed by atoms with Gasteiger partial charge in [-0.15, -0.1) is 0 Å². The fraction of sp³-hybridized carbons (Fsp3) is 0.171. The molecular formula is C70H56. The molecule has 4 unspecified atom stereocenters. The molecule has 0 radical (unpaired) electrons. The minimum atomic E-state index is -0.0324. The van der Waals surface area contributed by atoms with Gasteiger partial charge in [0.2, 0.25) is 0 Å². The van der Waals surface area contributed by atoms with Crippen LogP contribution in [0.5, 0.6) is 0 Å². The van der Waals surface area contributed by atoms with Gasteiger partial charge in [0.1, 0.15) is 0 Å². The summed E-state index contributed by atoms with van der Waals surface area (Å²) >= 11 is 0. The van der Waals surface area contributed by atoms with Crippen molar-refractivity contribution in [1.29, 1.82) is 0 Å². The molecule has 0 aliphatic heterocycles. The first-order valence-corrected chi connectivity index (χ1v) is 25.8. The number of fused-ring (bicyclic) bond motifs is 8. The zero-order valence-electron chi connectivity index (χ0n) is 40.3. The van der Waals surface area contributed by atoms with Gasteiger partial charge in [-0.05, 0) is 159 Å². The average Bonchev–Trinajstić information content (AvgIpc) is 3.65. The van der Waals surface area contributed by atoms with Gasteiger partial charge in [-0.25, -0.2) is 0 Å². The lowest BCUT2D eigenvalue weighted by Crippen LogP contribution is -2.43. The van der Waals surface area contributed by atoms with E-state index in [2.05, 4.69) is 233 Å². The van der Waals surface area contributed by atoms with Crippen molar-refractivity contribution in [3.8, 4) is 0 Å². The van der Waals surface area contributed by atoms with Gasteiger partial charge in [0.15, 0.2) is 0 Å². The molecule has 0 amide bonds. The van der Waals surface area contributed by atoms with E-state index in [1.807, 2.05) is 0 Å². The maximum Gasteiger partial charge on any atom is 0.0158 e. The summed E-state index contributed by atoms with van der Waals surface area (Å²) in [6.45, 7) is 7.18. The molecule has 336 valence electrons. The van der Waals surface area contributed by atoms with Gasteiger partial charge in [-0.2, -0.15) is 0 Å². The van der Waals surface area contributed by atoms with Crippen LogP contribution in [-0.2, 0) is 5.41 Å². The molecule has 14 rings (SSSR count). The molecule has 0 aromatic heterocycles. The van der Waals surface area contributed by atoms with Gasteiger partial charge in [0, 0.05) is 29.1 Å². The van der Waals surface area contributed by atoms with Crippen molar-refractivity contribution in [2.45, 2.75) is 51.9 Å². The number of aryl methyl sites for hydroxylation is 1. The molecule has 0 heterocycles. The zero-order valence-corrected chi connectivity index (χ0v) is 40.3. The van der Waals surface area contributed by atoms with E-state index in [4.69, 9.17) is 0 Å². The van der Waals surface area contributed by atoms with E-state index >= 15 is 0 Å². The van der Waals surface area contributed by atoms with Crippen LogP contribution in [0, 0.1) is 30.6 Å². The van der Waals surface area contributed by atoms with Crippen LogP contribution in [0.1, 0.15) is 72.9 Å². The van der Waals surface area contributed by atoms with E-state index in [-0.39, 0.29) is 29.1 Å². The predicted molar refractivity (Wildman–Crippen MR) is 296 cm³/mol. The second kappa shape index (κ2) is 16.0. The van der Waals surface area contributed by atoms with Crippen molar-refractivity contribution < 1.29 is 0 Å². The molecule has 0 heteroatoms. The number of benzene rings is 7. The summed E-state index contributed by atoms with van der Waals surface area (Å²) < 4.78 is 0. The monoisotopic (exact) mass is 896 g/mol. The highest BCUT2D eigenvalue weighted by atomic mass is 14.4. The highest BCUT2D eigenvalue weighted by Gasteiger charge is 2.40. The molecule has 0 spiro atoms. The first-order chi connectivity index (χ1) is 34.5. The average molecular weight is 897 g/mol. The number of allylic oxidation sites excluding steroid dienone is 16. The molecule has 7 aromatic rings. The third kappa shape index (κ3) is 6.08. The second-order valence-electron chi connectivity index (χ2n) is 21.2. The predicted octanol–water partition coefficient (Wildman–Crippen LogP) is 14.1. The molecule has 0 bridgehead atoms. The molecule has 0 fully saturated rings. The SMILES string of the molecule is Cc1cccc2c1C(C)(C)C1=C2CCC(c2c3ccccc3c(C3=CC=C(C4=c5ccccc5=C(C5=c6ccccc6=C(c6ccccc6)C6C=CC=CC56)CC4)C4C=CC=CC34)c3ccccc23)=C1. The summed E-state index contributed by atoms with van der Waals surface area (Å²) in [5.74, 6) is 0.988. The Morgan fingerprint density at radius 3 is 1.59 bits per heavy atom. The standard InChI is InChI=1S/C70H56/c1-43-20-19-35-63-52-37-36-45(42-64(52)70(2,3)69(43)63)66-55-29-13-17-33-59(55)68(60-34-18-14-30-56(60)66)62-41-39-51(47-24-8-10-26-49(47)62)50-38-40-61(48-25-9-7-23-46(48)50)67-57-31-15-11-27-53(57)65(44-21-5-4-6-22-44)54-28-12-16-32-58(54)67/h4-35,39,41-42,47,49,53,57H,36-38,40H2,1-3H3. The lowest BCUT2D eigenvalue weighted by molar-refractivity contribution is 0.647. The van der Waals surface area contributed by atoms with Crippen LogP contribution >= 0.6 is 0 Å². The van der Waals surface area contributed by atoms with Crippen molar-refractivity contribution in [3.05, 3.63) is 278 Å². The topological polar surface area (TPSA) is 0 Å². The van der Waals surface area contributed by atoms with Gasteiger partial charge in [0.25, 0.3) is 0 Å². The maximum absolute atomic E-state index is 2.60. The molecule has 70 heavy (non-hydrogen) atoms. The van der Waals surface area contributed by atoms with Crippen LogP contribution < -0.4 is 20.9 Å². The van der Waals surface area contributed by atoms with Crippen LogP contribution in [0.2, 0.25) is 0 Å². The third-order valence-corrected chi connectivity index (χ3v) is 17.3. The smallest absolute Gasteiger partial charge is 0.0158 e. The molecule has 0 nitrogen and oxygen atoms in total. The summed E-state index contributed by atoms with van der Waals surface area (Å²) in [5, 5.41) is 11.0. The Balaban J connectivity index is 0.955. The van der Waals surface area contributed by atoms with Crippen molar-refractivity contribution >= 4 is 60.6 Å². The Morgan fingerprint density at radius 2 is 0.914 bits per heavy atom. The normalized spacial score (nSPS) is 22.5. The first-order valence-electron chi connectivity index (χ1n) is 25.8. The molecule has 7 aromatic carbocycles. The maximum atomic E-state index is 2.60. The molecule has 0 saturated carbocycles. The highest BCUT2D eigenvalue weighted by Crippen LogP contribution is 2.55. The third-order valence-electron chi connectivity index (χ3n) is 17.3. The van der Waals surface area contributed by atoms with Crippen LogP contribution in [0.25, 0.3) is 60.6 Å². The molecule has 7 aliphatic carbocycles. The number of rotatable bonds is 5. The number of hydrogen-bond donors (Lipinski definition) is 0. The molecule has 7 aliphatic rings. The summed E-state index contributed by atoms with van der Waals surface area (Å²) in [6, 6.07) is 55.2. The Kier molecular flexibility index (Phi) is 9.48. The highest BCUT2D eigenvalue weighted by molar-refractivity contribution is 6.17. The fourth-order valence-electron chi connectivity index (χ4n) is 14.5. The lowest BCUT2D eigenvalue weighted by Gasteiger charge is -2.37.